The summed E-state index contributed by atoms with van der Waals surface area (Å²) < 4.78 is 45.6. The van der Waals surface area contributed by atoms with Gasteiger partial charge in [0.25, 0.3) is 0 Å². The third kappa shape index (κ3) is 3.94. The van der Waals surface area contributed by atoms with Gasteiger partial charge in [-0.05, 0) is 55.5 Å². The van der Waals surface area contributed by atoms with Crippen LogP contribution in [-0.2, 0) is 9.84 Å². The number of benzene rings is 3. The minimum Gasteiger partial charge on any atom is -0.419 e. The first-order valence-electron chi connectivity index (χ1n) is 8.95. The monoisotopic (exact) mass is 442 g/mol. The second-order valence-corrected chi connectivity index (χ2v) is 8.85. The Balaban J connectivity index is 1.85. The van der Waals surface area contributed by atoms with E-state index in [-0.39, 0.29) is 21.7 Å². The number of hydrogen-bond donors (Lipinski definition) is 1. The third-order valence-electron chi connectivity index (χ3n) is 4.39. The number of sulfone groups is 1. The first-order valence-corrected chi connectivity index (χ1v) is 10.8. The van der Waals surface area contributed by atoms with Crippen molar-refractivity contribution in [2.24, 2.45) is 0 Å². The van der Waals surface area contributed by atoms with E-state index in [0.29, 0.717) is 16.3 Å². The molecule has 3 aromatic carbocycles. The average molecular weight is 443 g/mol. The predicted molar refractivity (Wildman–Crippen MR) is 113 cm³/mol. The Hall–Kier alpha value is -3.16. The van der Waals surface area contributed by atoms with Gasteiger partial charge in [-0.2, -0.15) is 4.98 Å². The lowest BCUT2D eigenvalue weighted by atomic mass is 10.2. The summed E-state index contributed by atoms with van der Waals surface area (Å²) in [5, 5.41) is 2.96. The number of aryl methyl sites for hydroxylation is 1. The van der Waals surface area contributed by atoms with Crippen molar-refractivity contribution in [2.45, 2.75) is 16.8 Å². The lowest BCUT2D eigenvalue weighted by molar-refractivity contribution is 0.581. The van der Waals surface area contributed by atoms with Crippen LogP contribution in [-0.4, -0.2) is 13.4 Å². The molecule has 0 amide bonds. The molecule has 30 heavy (non-hydrogen) atoms. The second-order valence-electron chi connectivity index (χ2n) is 6.58. The minimum absolute atomic E-state index is 0.0518. The topological polar surface area (TPSA) is 72.2 Å². The van der Waals surface area contributed by atoms with Crippen molar-refractivity contribution in [2.75, 3.05) is 5.32 Å². The van der Waals surface area contributed by atoms with Crippen LogP contribution < -0.4 is 5.32 Å². The molecule has 0 spiro atoms. The van der Waals surface area contributed by atoms with Gasteiger partial charge in [0, 0.05) is 5.69 Å². The molecule has 0 aliphatic carbocycles. The van der Waals surface area contributed by atoms with Crippen LogP contribution in [0.25, 0.3) is 11.5 Å². The Labute approximate surface area is 178 Å². The molecule has 8 heteroatoms. The summed E-state index contributed by atoms with van der Waals surface area (Å²) in [6, 6.07) is 18.7. The molecular formula is C22H16ClFN2O3S. The van der Waals surface area contributed by atoms with Crippen LogP contribution >= 0.6 is 11.6 Å². The molecule has 0 saturated carbocycles. The highest BCUT2D eigenvalue weighted by Crippen LogP contribution is 2.36. The second kappa shape index (κ2) is 7.93. The molecule has 1 heterocycles. The zero-order valence-electron chi connectivity index (χ0n) is 15.8. The summed E-state index contributed by atoms with van der Waals surface area (Å²) in [5.74, 6) is -0.449. The molecule has 0 aliphatic heterocycles. The molecule has 0 fully saturated rings. The van der Waals surface area contributed by atoms with Crippen molar-refractivity contribution in [1.29, 1.82) is 0 Å². The normalized spacial score (nSPS) is 11.4. The molecule has 0 bridgehead atoms. The Kier molecular flexibility index (Phi) is 5.32. The predicted octanol–water partition coefficient (Wildman–Crippen LogP) is 6.02. The van der Waals surface area contributed by atoms with Gasteiger partial charge in [0.2, 0.25) is 26.6 Å². The summed E-state index contributed by atoms with van der Waals surface area (Å²) in [5.41, 5.74) is 1.82. The number of oxazole rings is 1. The highest BCUT2D eigenvalue weighted by atomic mass is 35.5. The Morgan fingerprint density at radius 2 is 1.63 bits per heavy atom. The molecular weight excluding hydrogens is 427 g/mol. The fourth-order valence-corrected chi connectivity index (χ4v) is 4.28. The molecule has 1 aromatic heterocycles. The summed E-state index contributed by atoms with van der Waals surface area (Å²) in [6.45, 7) is 1.86. The van der Waals surface area contributed by atoms with Crippen molar-refractivity contribution < 1.29 is 17.2 Å². The molecule has 0 unspecified atom stereocenters. The fourth-order valence-electron chi connectivity index (χ4n) is 2.81. The number of hydrogen-bond acceptors (Lipinski definition) is 5. The third-order valence-corrected chi connectivity index (χ3v) is 6.40. The molecule has 1 N–H and O–H groups in total. The summed E-state index contributed by atoms with van der Waals surface area (Å²) in [6.07, 6.45) is 0. The lowest BCUT2D eigenvalue weighted by Gasteiger charge is -2.06. The largest absolute Gasteiger partial charge is 0.419 e. The van der Waals surface area contributed by atoms with Crippen molar-refractivity contribution >= 4 is 33.0 Å². The molecule has 4 aromatic rings. The van der Waals surface area contributed by atoms with Gasteiger partial charge in [-0.3, -0.25) is 0 Å². The number of nitrogens with zero attached hydrogens (tertiary/aromatic N) is 1. The zero-order valence-corrected chi connectivity index (χ0v) is 17.3. The molecule has 5 nitrogen and oxygen atoms in total. The fraction of sp³-hybridized carbons (Fsp3) is 0.0455. The van der Waals surface area contributed by atoms with Crippen molar-refractivity contribution in [3.05, 3.63) is 89.2 Å². The number of anilines is 2. The first-order chi connectivity index (χ1) is 14.3. The van der Waals surface area contributed by atoms with E-state index in [4.69, 9.17) is 16.0 Å². The van der Waals surface area contributed by atoms with E-state index in [1.165, 1.54) is 36.4 Å². The standard InChI is InChI=1S/C22H16ClFN2O3S/c1-14-6-12-17(13-7-14)30(27,28)22-21(25-16-10-8-15(24)9-11-16)29-20(26-22)18-4-2-3-5-19(18)23/h2-13,25H,1H3. The summed E-state index contributed by atoms with van der Waals surface area (Å²) in [4.78, 5) is 4.33. The van der Waals surface area contributed by atoms with Crippen LogP contribution in [0.15, 0.2) is 87.1 Å². The van der Waals surface area contributed by atoms with Gasteiger partial charge in [-0.15, -0.1) is 0 Å². The van der Waals surface area contributed by atoms with E-state index in [2.05, 4.69) is 10.3 Å². The summed E-state index contributed by atoms with van der Waals surface area (Å²) >= 11 is 6.24. The van der Waals surface area contributed by atoms with Crippen LogP contribution in [0.2, 0.25) is 5.02 Å². The summed E-state index contributed by atoms with van der Waals surface area (Å²) in [7, 11) is -4.00. The van der Waals surface area contributed by atoms with E-state index >= 15 is 0 Å². The maximum atomic E-state index is 13.3. The average Bonchev–Trinajstić information content (AvgIpc) is 3.15. The van der Waals surface area contributed by atoms with Crippen LogP contribution in [0.3, 0.4) is 0 Å². The van der Waals surface area contributed by atoms with Crippen LogP contribution in [0.4, 0.5) is 16.0 Å². The number of rotatable bonds is 5. The van der Waals surface area contributed by atoms with E-state index in [0.717, 1.165) is 5.56 Å². The first kappa shape index (κ1) is 20.1. The van der Waals surface area contributed by atoms with Gasteiger partial charge in [-0.1, -0.05) is 41.4 Å². The lowest BCUT2D eigenvalue weighted by Crippen LogP contribution is -2.05. The highest BCUT2D eigenvalue weighted by molar-refractivity contribution is 7.91. The van der Waals surface area contributed by atoms with Gasteiger partial charge < -0.3 is 9.73 Å². The number of nitrogens with one attached hydrogen (secondary N) is 1. The van der Waals surface area contributed by atoms with Crippen LogP contribution in [0, 0.1) is 12.7 Å². The van der Waals surface area contributed by atoms with E-state index in [1.54, 1.807) is 36.4 Å². The number of halogens is 2. The van der Waals surface area contributed by atoms with Gasteiger partial charge >= 0.3 is 0 Å². The van der Waals surface area contributed by atoms with Crippen LogP contribution in [0.1, 0.15) is 5.56 Å². The van der Waals surface area contributed by atoms with Gasteiger partial charge in [0.1, 0.15) is 5.82 Å². The highest BCUT2D eigenvalue weighted by Gasteiger charge is 2.29. The quantitative estimate of drug-likeness (QED) is 0.409. The van der Waals surface area contributed by atoms with Crippen molar-refractivity contribution in [1.82, 2.24) is 4.98 Å². The minimum atomic E-state index is -4.00. The van der Waals surface area contributed by atoms with Gasteiger partial charge in [0.05, 0.1) is 15.5 Å². The van der Waals surface area contributed by atoms with E-state index < -0.39 is 15.7 Å². The molecule has 0 atom stereocenters. The van der Waals surface area contributed by atoms with E-state index in [1.807, 2.05) is 6.92 Å². The zero-order chi connectivity index (χ0) is 21.3. The number of aromatic nitrogens is 1. The Bertz CT molecular complexity index is 1300. The Morgan fingerprint density at radius 3 is 2.30 bits per heavy atom. The smallest absolute Gasteiger partial charge is 0.238 e. The molecule has 0 aliphatic rings. The van der Waals surface area contributed by atoms with Crippen molar-refractivity contribution in [3.8, 4) is 11.5 Å². The molecule has 0 radical (unpaired) electrons. The maximum Gasteiger partial charge on any atom is 0.238 e. The van der Waals surface area contributed by atoms with Gasteiger partial charge in [-0.25, -0.2) is 12.8 Å². The molecule has 152 valence electrons. The van der Waals surface area contributed by atoms with Gasteiger partial charge in [0.15, 0.2) is 0 Å². The molecule has 4 rings (SSSR count). The SMILES string of the molecule is Cc1ccc(S(=O)(=O)c2nc(-c3ccccc3Cl)oc2Nc2ccc(F)cc2)cc1. The molecule has 0 saturated heterocycles. The van der Waals surface area contributed by atoms with Crippen LogP contribution in [0.5, 0.6) is 0 Å². The van der Waals surface area contributed by atoms with Crippen molar-refractivity contribution in [3.63, 3.8) is 0 Å². The van der Waals surface area contributed by atoms with E-state index in [9.17, 15) is 12.8 Å². The Morgan fingerprint density at radius 1 is 0.967 bits per heavy atom. The maximum absolute atomic E-state index is 13.3.